The molecule has 0 bridgehead atoms. The predicted molar refractivity (Wildman–Crippen MR) is 87.3 cm³/mol. The third-order valence-corrected chi connectivity index (χ3v) is 5.46. The van der Waals surface area contributed by atoms with E-state index in [0.717, 1.165) is 12.1 Å². The van der Waals surface area contributed by atoms with Crippen LogP contribution in [0.1, 0.15) is 10.4 Å². The van der Waals surface area contributed by atoms with E-state index in [4.69, 9.17) is 0 Å². The summed E-state index contributed by atoms with van der Waals surface area (Å²) >= 11 is 0. The summed E-state index contributed by atoms with van der Waals surface area (Å²) < 4.78 is 71.0. The van der Waals surface area contributed by atoms with Gasteiger partial charge in [-0.2, -0.15) is 13.2 Å². The molecule has 0 spiro atoms. The summed E-state index contributed by atoms with van der Waals surface area (Å²) in [6, 6.07) is 2.84. The highest BCUT2D eigenvalue weighted by Crippen LogP contribution is 2.25. The van der Waals surface area contributed by atoms with Crippen LogP contribution in [0.25, 0.3) is 0 Å². The number of hydrogen-bond donors (Lipinski definition) is 2. The zero-order chi connectivity index (χ0) is 19.4. The van der Waals surface area contributed by atoms with Crippen LogP contribution in [0.2, 0.25) is 0 Å². The van der Waals surface area contributed by atoms with Crippen LogP contribution in [0.5, 0.6) is 0 Å². The molecule has 1 heterocycles. The van der Waals surface area contributed by atoms with Crippen LogP contribution in [0.4, 0.5) is 13.2 Å². The Labute approximate surface area is 149 Å². The third-order valence-electron chi connectivity index (χ3n) is 4.02. The van der Waals surface area contributed by atoms with E-state index in [2.05, 4.69) is 10.1 Å². The number of hydrogen-bond acceptors (Lipinski definition) is 6. The maximum Gasteiger partial charge on any atom is 0.405 e. The molecule has 7 nitrogen and oxygen atoms in total. The molecule has 2 N–H and O–H groups in total. The summed E-state index contributed by atoms with van der Waals surface area (Å²) in [6.07, 6.45) is -4.56. The lowest BCUT2D eigenvalue weighted by Crippen LogP contribution is -2.57. The van der Waals surface area contributed by atoms with Gasteiger partial charge in [-0.3, -0.25) is 4.90 Å². The first-order chi connectivity index (χ1) is 12.1. The molecule has 1 aliphatic heterocycles. The van der Waals surface area contributed by atoms with Gasteiger partial charge in [0.25, 0.3) is 0 Å². The van der Waals surface area contributed by atoms with Gasteiger partial charge in [-0.1, -0.05) is 0 Å². The minimum Gasteiger partial charge on any atom is -0.465 e. The number of rotatable bonds is 6. The van der Waals surface area contributed by atoms with E-state index >= 15 is 0 Å². The molecule has 26 heavy (non-hydrogen) atoms. The molecule has 2 rings (SSSR count). The minimum atomic E-state index is -4.56. The van der Waals surface area contributed by atoms with Crippen LogP contribution in [-0.4, -0.2) is 71.3 Å². The Morgan fingerprint density at radius 3 is 2.35 bits per heavy atom. The highest BCUT2D eigenvalue weighted by molar-refractivity contribution is 7.89. The smallest absolute Gasteiger partial charge is 0.405 e. The van der Waals surface area contributed by atoms with Gasteiger partial charge in [0.05, 0.1) is 17.6 Å². The second kappa shape index (κ2) is 8.33. The Hall–Kier alpha value is -1.69. The number of sulfonamides is 1. The molecule has 1 aromatic carbocycles. The summed E-state index contributed by atoms with van der Waals surface area (Å²) in [5, 5.41) is 2.95. The number of esters is 1. The average molecular weight is 395 g/mol. The van der Waals surface area contributed by atoms with Crippen molar-refractivity contribution in [3.63, 3.8) is 0 Å². The van der Waals surface area contributed by atoms with Gasteiger partial charge in [0.15, 0.2) is 0 Å². The van der Waals surface area contributed by atoms with Gasteiger partial charge in [0, 0.05) is 32.7 Å². The number of nitrogens with zero attached hydrogens (tertiary/aromatic N) is 1. The molecule has 1 unspecified atom stereocenters. The second-order valence-corrected chi connectivity index (χ2v) is 7.48. The Morgan fingerprint density at radius 1 is 1.27 bits per heavy atom. The first-order valence-electron chi connectivity index (χ1n) is 7.84. The number of ether oxygens (including phenoxy) is 1. The molecule has 1 aromatic rings. The summed E-state index contributed by atoms with van der Waals surface area (Å²) in [4.78, 5) is 12.3. The van der Waals surface area contributed by atoms with Gasteiger partial charge in [0.2, 0.25) is 10.0 Å². The number of carbonyl (C=O) groups excluding carboxylic acids is 1. The molecule has 0 saturated carbocycles. The Morgan fingerprint density at radius 2 is 1.85 bits per heavy atom. The van der Waals surface area contributed by atoms with E-state index in [1.54, 1.807) is 0 Å². The fourth-order valence-corrected chi connectivity index (χ4v) is 3.64. The largest absolute Gasteiger partial charge is 0.465 e. The summed E-state index contributed by atoms with van der Waals surface area (Å²) in [7, 11) is -2.97. The number of nitrogens with one attached hydrogen (secondary N) is 2. The molecule has 1 fully saturated rings. The quantitative estimate of drug-likeness (QED) is 0.686. The molecule has 0 aliphatic carbocycles. The molecule has 0 radical (unpaired) electrons. The first-order valence-corrected chi connectivity index (χ1v) is 9.33. The van der Waals surface area contributed by atoms with Crippen LogP contribution in [0, 0.1) is 0 Å². The SMILES string of the molecule is COC(=O)c1ccc(S(=O)(=O)NCC(N2CCNCC2)C(F)(F)F)cc1. The Bertz CT molecular complexity index is 717. The Balaban J connectivity index is 2.10. The van der Waals surface area contributed by atoms with Gasteiger partial charge in [-0.25, -0.2) is 17.9 Å². The topological polar surface area (TPSA) is 87.7 Å². The standard InChI is InChI=1S/C15H20F3N3O4S/c1-25-14(22)11-2-4-12(5-3-11)26(23,24)20-10-13(15(16,17)18)21-8-6-19-7-9-21/h2-5,13,19-20H,6-10H2,1H3. The van der Waals surface area contributed by atoms with E-state index in [0.29, 0.717) is 13.1 Å². The molecule has 0 amide bonds. The summed E-state index contributed by atoms with van der Waals surface area (Å²) in [5.74, 6) is -0.641. The molecule has 1 aliphatic rings. The van der Waals surface area contributed by atoms with Crippen molar-refractivity contribution in [3.05, 3.63) is 29.8 Å². The number of halogens is 3. The van der Waals surface area contributed by atoms with Crippen molar-refractivity contribution in [1.82, 2.24) is 14.9 Å². The number of benzene rings is 1. The van der Waals surface area contributed by atoms with Crippen LogP contribution in [-0.2, 0) is 14.8 Å². The van der Waals surface area contributed by atoms with Crippen LogP contribution in [0.15, 0.2) is 29.2 Å². The second-order valence-electron chi connectivity index (χ2n) is 5.71. The Kier molecular flexibility index (Phi) is 6.61. The molecular weight excluding hydrogens is 375 g/mol. The lowest BCUT2D eigenvalue weighted by Gasteiger charge is -2.35. The lowest BCUT2D eigenvalue weighted by atomic mass is 10.2. The molecule has 11 heteroatoms. The van der Waals surface area contributed by atoms with Gasteiger partial charge >= 0.3 is 12.1 Å². The van der Waals surface area contributed by atoms with Gasteiger partial charge < -0.3 is 10.1 Å². The van der Waals surface area contributed by atoms with Gasteiger partial charge in [-0.15, -0.1) is 0 Å². The van der Waals surface area contributed by atoms with E-state index in [-0.39, 0.29) is 23.5 Å². The zero-order valence-electron chi connectivity index (χ0n) is 14.0. The molecule has 1 saturated heterocycles. The first kappa shape index (κ1) is 20.6. The van der Waals surface area contributed by atoms with Crippen LogP contribution >= 0.6 is 0 Å². The molecule has 146 valence electrons. The summed E-state index contributed by atoms with van der Waals surface area (Å²) in [6.45, 7) is 0.396. The normalized spacial score (nSPS) is 17.7. The maximum atomic E-state index is 13.3. The average Bonchev–Trinajstić information content (AvgIpc) is 2.61. The maximum absolute atomic E-state index is 13.3. The number of carbonyl (C=O) groups is 1. The fraction of sp³-hybridized carbons (Fsp3) is 0.533. The van der Waals surface area contributed by atoms with Gasteiger partial charge in [0.1, 0.15) is 6.04 Å². The molecular formula is C15H20F3N3O4S. The van der Waals surface area contributed by atoms with Crippen molar-refractivity contribution in [1.29, 1.82) is 0 Å². The number of alkyl halides is 3. The van der Waals surface area contributed by atoms with Crippen LogP contribution < -0.4 is 10.0 Å². The molecule has 0 aromatic heterocycles. The van der Waals surface area contributed by atoms with Crippen molar-refractivity contribution in [3.8, 4) is 0 Å². The van der Waals surface area contributed by atoms with Crippen molar-refractivity contribution in [2.45, 2.75) is 17.1 Å². The van der Waals surface area contributed by atoms with E-state index in [1.807, 2.05) is 4.72 Å². The number of methoxy groups -OCH3 is 1. The van der Waals surface area contributed by atoms with Gasteiger partial charge in [-0.05, 0) is 24.3 Å². The van der Waals surface area contributed by atoms with Crippen molar-refractivity contribution >= 4 is 16.0 Å². The minimum absolute atomic E-state index is 0.139. The number of piperazine rings is 1. The monoisotopic (exact) mass is 395 g/mol. The third kappa shape index (κ3) is 5.16. The van der Waals surface area contributed by atoms with E-state index in [1.165, 1.54) is 24.1 Å². The lowest BCUT2D eigenvalue weighted by molar-refractivity contribution is -0.182. The van der Waals surface area contributed by atoms with Crippen molar-refractivity contribution in [2.75, 3.05) is 39.8 Å². The van der Waals surface area contributed by atoms with E-state index < -0.39 is 34.8 Å². The molecule has 1 atom stereocenters. The van der Waals surface area contributed by atoms with E-state index in [9.17, 15) is 26.4 Å². The highest BCUT2D eigenvalue weighted by Gasteiger charge is 2.44. The zero-order valence-corrected chi connectivity index (χ0v) is 14.9. The predicted octanol–water partition coefficient (Wildman–Crippen LogP) is 0.588. The summed E-state index contributed by atoms with van der Waals surface area (Å²) in [5.41, 5.74) is 0.139. The highest BCUT2D eigenvalue weighted by atomic mass is 32.2. The van der Waals surface area contributed by atoms with Crippen LogP contribution in [0.3, 0.4) is 0 Å². The van der Waals surface area contributed by atoms with Crippen molar-refractivity contribution < 1.29 is 31.1 Å². The fourth-order valence-electron chi connectivity index (χ4n) is 2.61. The van der Waals surface area contributed by atoms with Crippen molar-refractivity contribution in [2.24, 2.45) is 0 Å².